The first kappa shape index (κ1) is 22.4. The second-order valence-corrected chi connectivity index (χ2v) is 7.37. The largest absolute Gasteiger partial charge is 0.490 e. The fourth-order valence-corrected chi connectivity index (χ4v) is 3.63. The van der Waals surface area contributed by atoms with Crippen molar-refractivity contribution in [1.82, 2.24) is 10.2 Å². The van der Waals surface area contributed by atoms with Crippen LogP contribution < -0.4 is 14.8 Å². The van der Waals surface area contributed by atoms with E-state index in [1.165, 1.54) is 18.2 Å². The number of benzene rings is 2. The number of nitrogens with zero attached hydrogens (tertiary/aromatic N) is 1. The lowest BCUT2D eigenvalue weighted by Gasteiger charge is -2.14. The zero-order valence-electron chi connectivity index (χ0n) is 16.8. The molecule has 0 spiro atoms. The van der Waals surface area contributed by atoms with Crippen LogP contribution in [0.5, 0.6) is 11.5 Å². The highest BCUT2D eigenvalue weighted by atomic mass is 32.2. The maximum Gasteiger partial charge on any atom is 0.293 e. The van der Waals surface area contributed by atoms with Gasteiger partial charge in [-0.15, -0.1) is 0 Å². The number of para-hydroxylation sites is 2. The first-order chi connectivity index (χ1) is 15.0. The molecule has 1 heterocycles. The summed E-state index contributed by atoms with van der Waals surface area (Å²) in [6, 6.07) is 13.0. The van der Waals surface area contributed by atoms with Crippen molar-refractivity contribution in [3.05, 3.63) is 64.8 Å². The summed E-state index contributed by atoms with van der Waals surface area (Å²) < 4.78 is 24.7. The van der Waals surface area contributed by atoms with E-state index in [0.29, 0.717) is 18.1 Å². The molecule has 1 aliphatic rings. The molecule has 0 unspecified atom stereocenters. The Balaban J connectivity index is 1.49. The first-order valence-electron chi connectivity index (χ1n) is 9.60. The Hall–Kier alpha value is -3.33. The van der Waals surface area contributed by atoms with Crippen LogP contribution >= 0.6 is 11.8 Å². The highest BCUT2D eigenvalue weighted by molar-refractivity contribution is 8.18. The van der Waals surface area contributed by atoms with Crippen LogP contribution in [0.2, 0.25) is 0 Å². The molecule has 7 nitrogen and oxygen atoms in total. The van der Waals surface area contributed by atoms with Crippen molar-refractivity contribution in [2.75, 3.05) is 26.3 Å². The lowest BCUT2D eigenvalue weighted by atomic mass is 10.2. The Morgan fingerprint density at radius 3 is 2.48 bits per heavy atom. The fourth-order valence-electron chi connectivity index (χ4n) is 2.77. The molecular weight excluding hydrogens is 423 g/mol. The van der Waals surface area contributed by atoms with Gasteiger partial charge in [-0.3, -0.25) is 19.3 Å². The molecule has 2 aromatic carbocycles. The van der Waals surface area contributed by atoms with Crippen LogP contribution in [0, 0.1) is 5.82 Å². The van der Waals surface area contributed by atoms with Crippen molar-refractivity contribution in [2.45, 2.75) is 6.92 Å². The minimum absolute atomic E-state index is 0.000547. The minimum Gasteiger partial charge on any atom is -0.490 e. The Labute approximate surface area is 183 Å². The molecule has 3 rings (SSSR count). The smallest absolute Gasteiger partial charge is 0.293 e. The van der Waals surface area contributed by atoms with Gasteiger partial charge in [-0.2, -0.15) is 0 Å². The molecule has 1 N–H and O–H groups in total. The van der Waals surface area contributed by atoms with Gasteiger partial charge in [0.2, 0.25) is 0 Å². The number of hydrogen-bond acceptors (Lipinski definition) is 6. The maximum absolute atomic E-state index is 13.8. The van der Waals surface area contributed by atoms with Crippen LogP contribution in [0.3, 0.4) is 0 Å². The lowest BCUT2D eigenvalue weighted by molar-refractivity contribution is -0.125. The Morgan fingerprint density at radius 2 is 1.77 bits per heavy atom. The predicted octanol–water partition coefficient (Wildman–Crippen LogP) is 3.46. The molecule has 0 atom stereocenters. The fraction of sp³-hybridized carbons (Fsp3) is 0.227. The number of thioether (sulfide) groups is 1. The molecular formula is C22H21FN2O5S. The van der Waals surface area contributed by atoms with Crippen LogP contribution in [-0.4, -0.2) is 48.3 Å². The van der Waals surface area contributed by atoms with Crippen molar-refractivity contribution in [2.24, 2.45) is 0 Å². The van der Waals surface area contributed by atoms with Gasteiger partial charge < -0.3 is 14.8 Å². The summed E-state index contributed by atoms with van der Waals surface area (Å²) in [6.45, 7) is 2.15. The molecule has 0 aliphatic carbocycles. The molecule has 0 saturated carbocycles. The highest BCUT2D eigenvalue weighted by Crippen LogP contribution is 2.32. The highest BCUT2D eigenvalue weighted by Gasteiger charge is 2.34. The van der Waals surface area contributed by atoms with E-state index in [1.807, 2.05) is 6.92 Å². The van der Waals surface area contributed by atoms with Gasteiger partial charge in [0.25, 0.3) is 17.1 Å². The van der Waals surface area contributed by atoms with Crippen molar-refractivity contribution in [3.63, 3.8) is 0 Å². The molecule has 0 aromatic heterocycles. The number of halogens is 1. The van der Waals surface area contributed by atoms with Crippen LogP contribution in [0.15, 0.2) is 53.4 Å². The van der Waals surface area contributed by atoms with E-state index in [0.717, 1.165) is 16.7 Å². The number of ether oxygens (including phenoxy) is 2. The van der Waals surface area contributed by atoms with E-state index in [1.54, 1.807) is 36.4 Å². The summed E-state index contributed by atoms with van der Waals surface area (Å²) in [4.78, 5) is 37.8. The quantitative estimate of drug-likeness (QED) is 0.597. The van der Waals surface area contributed by atoms with E-state index in [2.05, 4.69) is 5.32 Å². The lowest BCUT2D eigenvalue weighted by Crippen LogP contribution is -2.38. The van der Waals surface area contributed by atoms with Crippen LogP contribution in [0.25, 0.3) is 6.08 Å². The van der Waals surface area contributed by atoms with E-state index in [9.17, 15) is 18.8 Å². The number of carbonyl (C=O) groups is 3. The van der Waals surface area contributed by atoms with Gasteiger partial charge in [0.05, 0.1) is 11.5 Å². The van der Waals surface area contributed by atoms with Crippen molar-refractivity contribution < 1.29 is 28.2 Å². The Kier molecular flexibility index (Phi) is 7.66. The summed E-state index contributed by atoms with van der Waals surface area (Å²) in [5, 5.41) is 2.14. The zero-order valence-corrected chi connectivity index (χ0v) is 17.6. The monoisotopic (exact) mass is 444 g/mol. The van der Waals surface area contributed by atoms with E-state index < -0.39 is 22.9 Å². The molecule has 1 saturated heterocycles. The molecule has 31 heavy (non-hydrogen) atoms. The third kappa shape index (κ3) is 5.85. The molecule has 0 bridgehead atoms. The molecule has 1 aliphatic heterocycles. The average molecular weight is 444 g/mol. The number of imide groups is 1. The Morgan fingerprint density at radius 1 is 1.10 bits per heavy atom. The number of amides is 3. The first-order valence-corrected chi connectivity index (χ1v) is 10.4. The molecule has 1 fully saturated rings. The zero-order chi connectivity index (χ0) is 22.2. The summed E-state index contributed by atoms with van der Waals surface area (Å²) in [6.07, 6.45) is 1.35. The van der Waals surface area contributed by atoms with Crippen LogP contribution in [0.4, 0.5) is 9.18 Å². The van der Waals surface area contributed by atoms with E-state index >= 15 is 0 Å². The van der Waals surface area contributed by atoms with E-state index in [4.69, 9.17) is 9.47 Å². The number of hydrogen-bond donors (Lipinski definition) is 1. The van der Waals surface area contributed by atoms with Gasteiger partial charge in [0, 0.05) is 18.7 Å². The summed E-state index contributed by atoms with van der Waals surface area (Å²) >= 11 is 0.738. The van der Waals surface area contributed by atoms with Crippen molar-refractivity contribution >= 4 is 34.9 Å². The normalized spacial score (nSPS) is 14.8. The minimum atomic E-state index is -0.519. The average Bonchev–Trinajstić information content (AvgIpc) is 3.02. The van der Waals surface area contributed by atoms with Gasteiger partial charge in [0.1, 0.15) is 5.82 Å². The van der Waals surface area contributed by atoms with Gasteiger partial charge >= 0.3 is 0 Å². The summed E-state index contributed by atoms with van der Waals surface area (Å²) in [7, 11) is 0. The number of rotatable bonds is 9. The maximum atomic E-state index is 13.8. The number of nitrogens with one attached hydrogen (secondary N) is 1. The molecule has 9 heteroatoms. The molecule has 3 amide bonds. The number of carbonyl (C=O) groups excluding carboxylic acids is 3. The van der Waals surface area contributed by atoms with E-state index in [-0.39, 0.29) is 30.2 Å². The van der Waals surface area contributed by atoms with Gasteiger partial charge in [-0.1, -0.05) is 30.3 Å². The second-order valence-electron chi connectivity index (χ2n) is 6.37. The predicted molar refractivity (Wildman–Crippen MR) is 115 cm³/mol. The summed E-state index contributed by atoms with van der Waals surface area (Å²) in [5.41, 5.74) is 0.228. The third-order valence-electron chi connectivity index (χ3n) is 4.23. The standard InChI is InChI=1S/C22H21FN2O5S/c1-2-29-17-9-5-6-10-18(17)30-14-20(26)24-11-12-25-21(27)19(31-22(25)28)13-15-7-3-4-8-16(15)23/h3-10,13H,2,11-12,14H2,1H3,(H,24,26)/b19-13-. The third-order valence-corrected chi connectivity index (χ3v) is 5.14. The van der Waals surface area contributed by atoms with Gasteiger partial charge in [0.15, 0.2) is 18.1 Å². The van der Waals surface area contributed by atoms with Crippen molar-refractivity contribution in [3.8, 4) is 11.5 Å². The molecule has 0 radical (unpaired) electrons. The summed E-state index contributed by atoms with van der Waals surface area (Å²) in [5.74, 6) is -0.414. The van der Waals surface area contributed by atoms with Crippen LogP contribution in [-0.2, 0) is 9.59 Å². The second kappa shape index (κ2) is 10.6. The van der Waals surface area contributed by atoms with Crippen molar-refractivity contribution in [1.29, 1.82) is 0 Å². The van der Waals surface area contributed by atoms with Gasteiger partial charge in [-0.05, 0) is 43.0 Å². The SMILES string of the molecule is CCOc1ccccc1OCC(=O)NCCN1C(=O)S/C(=C\c2ccccc2F)C1=O. The molecule has 162 valence electrons. The molecule has 2 aromatic rings. The van der Waals surface area contributed by atoms with Crippen LogP contribution in [0.1, 0.15) is 12.5 Å². The Bertz CT molecular complexity index is 1010. The van der Waals surface area contributed by atoms with Gasteiger partial charge in [-0.25, -0.2) is 4.39 Å². The topological polar surface area (TPSA) is 84.9 Å².